The van der Waals surface area contributed by atoms with E-state index in [1.807, 2.05) is 0 Å². The van der Waals surface area contributed by atoms with Crippen molar-refractivity contribution < 1.29 is 4.79 Å². The van der Waals surface area contributed by atoms with Crippen LogP contribution in [0.5, 0.6) is 0 Å². The fraction of sp³-hybridized carbons (Fsp3) is 0.333. The Hall–Kier alpha value is -2.07. The first-order valence-corrected chi connectivity index (χ1v) is 4.39. The number of aliphatic imine (C=N–C) groups is 1. The number of fused-ring (bicyclic) bond motifs is 1. The van der Waals surface area contributed by atoms with Gasteiger partial charge in [0.2, 0.25) is 11.7 Å². The van der Waals surface area contributed by atoms with Crippen LogP contribution in [0.4, 0.5) is 0 Å². The lowest BCUT2D eigenvalue weighted by atomic mass is 9.97. The zero-order valence-electron chi connectivity index (χ0n) is 8.35. The van der Waals surface area contributed by atoms with Gasteiger partial charge in [-0.2, -0.15) is 15.3 Å². The van der Waals surface area contributed by atoms with Gasteiger partial charge >= 0.3 is 0 Å². The molecule has 2 heterocycles. The molecule has 0 spiro atoms. The van der Waals surface area contributed by atoms with Crippen molar-refractivity contribution in [3.63, 3.8) is 0 Å². The van der Waals surface area contributed by atoms with Gasteiger partial charge in [-0.25, -0.2) is 9.78 Å². The van der Waals surface area contributed by atoms with Crippen LogP contribution in [0.3, 0.4) is 0 Å². The Bertz CT molecular complexity index is 538. The average molecular weight is 203 g/mol. The first kappa shape index (κ1) is 9.48. The second kappa shape index (κ2) is 3.25. The third kappa shape index (κ3) is 1.62. The molecule has 0 unspecified atom stereocenters. The quantitative estimate of drug-likeness (QED) is 0.581. The molecule has 76 valence electrons. The highest BCUT2D eigenvalue weighted by Gasteiger charge is 2.20. The second-order valence-electron chi connectivity index (χ2n) is 3.65. The summed E-state index contributed by atoms with van der Waals surface area (Å²) < 4.78 is 0. The molecule has 6 nitrogen and oxygen atoms in total. The normalized spacial score (nSPS) is 11.3. The summed E-state index contributed by atoms with van der Waals surface area (Å²) in [5, 5.41) is 10.2. The minimum absolute atomic E-state index is 0.546. The zero-order valence-corrected chi connectivity index (χ0v) is 8.35. The van der Waals surface area contributed by atoms with Crippen molar-refractivity contribution in [2.24, 2.45) is 4.99 Å². The number of H-pyrrole nitrogens is 1. The van der Waals surface area contributed by atoms with Crippen LogP contribution in [0.25, 0.3) is 11.2 Å². The van der Waals surface area contributed by atoms with E-state index in [4.69, 9.17) is 0 Å². The lowest BCUT2D eigenvalue weighted by Crippen LogP contribution is -2.13. The Morgan fingerprint density at radius 3 is 3.00 bits per heavy atom. The maximum absolute atomic E-state index is 10.3. The Kier molecular flexibility index (Phi) is 2.06. The summed E-state index contributed by atoms with van der Waals surface area (Å²) in [4.78, 5) is 18.1. The van der Waals surface area contributed by atoms with E-state index in [0.717, 1.165) is 5.56 Å². The van der Waals surface area contributed by atoms with Gasteiger partial charge in [-0.1, -0.05) is 0 Å². The number of pyridine rings is 1. The first-order valence-electron chi connectivity index (χ1n) is 4.39. The summed E-state index contributed by atoms with van der Waals surface area (Å²) in [6.45, 7) is 3.61. The molecule has 2 aromatic heterocycles. The Balaban J connectivity index is 2.56. The molecule has 0 atom stereocenters. The molecule has 0 amide bonds. The standard InChI is InChI=1S/C9H9N5O/c1-9(2,11-5-15)6-3-7-8(10-4-6)13-14-12-7/h3-4H,1-2H3,(H,10,12,13,14). The van der Waals surface area contributed by atoms with E-state index >= 15 is 0 Å². The van der Waals surface area contributed by atoms with Crippen LogP contribution in [-0.4, -0.2) is 26.5 Å². The highest BCUT2D eigenvalue weighted by molar-refractivity contribution is 5.69. The van der Waals surface area contributed by atoms with E-state index in [1.165, 1.54) is 0 Å². The molecule has 0 bridgehead atoms. The van der Waals surface area contributed by atoms with Crippen molar-refractivity contribution >= 4 is 17.2 Å². The topological polar surface area (TPSA) is 83.9 Å². The van der Waals surface area contributed by atoms with Crippen LogP contribution in [-0.2, 0) is 10.3 Å². The number of hydrogen-bond donors (Lipinski definition) is 1. The minimum atomic E-state index is -0.637. The molecule has 0 saturated heterocycles. The van der Waals surface area contributed by atoms with Crippen LogP contribution in [0.1, 0.15) is 19.4 Å². The van der Waals surface area contributed by atoms with E-state index in [2.05, 4.69) is 25.4 Å². The predicted octanol–water partition coefficient (Wildman–Crippen LogP) is 0.924. The van der Waals surface area contributed by atoms with Gasteiger partial charge in [-0.3, -0.25) is 0 Å². The van der Waals surface area contributed by atoms with Gasteiger partial charge in [0, 0.05) is 11.8 Å². The number of carbonyl (C=O) groups excluding carboxylic acids is 1. The van der Waals surface area contributed by atoms with Gasteiger partial charge in [-0.05, 0) is 19.9 Å². The summed E-state index contributed by atoms with van der Waals surface area (Å²) in [6.07, 6.45) is 3.18. The van der Waals surface area contributed by atoms with Crippen molar-refractivity contribution in [2.45, 2.75) is 19.4 Å². The molecule has 0 saturated carbocycles. The number of aromatic nitrogens is 4. The van der Waals surface area contributed by atoms with Crippen LogP contribution in [0.15, 0.2) is 17.3 Å². The predicted molar refractivity (Wildman–Crippen MR) is 52.8 cm³/mol. The third-order valence-corrected chi connectivity index (χ3v) is 2.21. The number of isocyanates is 1. The molecule has 2 aromatic rings. The van der Waals surface area contributed by atoms with E-state index in [9.17, 15) is 4.79 Å². The van der Waals surface area contributed by atoms with Crippen LogP contribution in [0.2, 0.25) is 0 Å². The Morgan fingerprint density at radius 2 is 2.27 bits per heavy atom. The molecule has 2 rings (SSSR count). The first-order chi connectivity index (χ1) is 7.13. The fourth-order valence-electron chi connectivity index (χ4n) is 1.25. The molecule has 0 aliphatic carbocycles. The number of nitrogens with one attached hydrogen (secondary N) is 1. The fourth-order valence-corrected chi connectivity index (χ4v) is 1.25. The minimum Gasteiger partial charge on any atom is -0.233 e. The summed E-state index contributed by atoms with van der Waals surface area (Å²) in [6, 6.07) is 1.80. The van der Waals surface area contributed by atoms with E-state index in [0.29, 0.717) is 11.2 Å². The van der Waals surface area contributed by atoms with E-state index < -0.39 is 5.54 Å². The van der Waals surface area contributed by atoms with E-state index in [1.54, 1.807) is 32.2 Å². The smallest absolute Gasteiger partial charge is 0.233 e. The van der Waals surface area contributed by atoms with Gasteiger partial charge in [0.15, 0.2) is 0 Å². The van der Waals surface area contributed by atoms with Gasteiger partial charge < -0.3 is 0 Å². The summed E-state index contributed by atoms with van der Waals surface area (Å²) in [5.41, 5.74) is 1.36. The highest BCUT2D eigenvalue weighted by Crippen LogP contribution is 2.24. The Labute approximate surface area is 85.4 Å². The Morgan fingerprint density at radius 1 is 1.47 bits per heavy atom. The largest absolute Gasteiger partial charge is 0.235 e. The van der Waals surface area contributed by atoms with Crippen molar-refractivity contribution in [2.75, 3.05) is 0 Å². The molecular weight excluding hydrogens is 194 g/mol. The maximum atomic E-state index is 10.3. The molecule has 6 heteroatoms. The molecule has 0 aliphatic heterocycles. The number of rotatable bonds is 2. The molecule has 0 radical (unpaired) electrons. The van der Waals surface area contributed by atoms with Crippen molar-refractivity contribution in [1.29, 1.82) is 0 Å². The lowest BCUT2D eigenvalue weighted by Gasteiger charge is -2.16. The average Bonchev–Trinajstić information content (AvgIpc) is 2.63. The molecule has 0 aliphatic rings. The molecule has 0 fully saturated rings. The summed E-state index contributed by atoms with van der Waals surface area (Å²) >= 11 is 0. The van der Waals surface area contributed by atoms with Crippen molar-refractivity contribution in [3.8, 4) is 0 Å². The van der Waals surface area contributed by atoms with Gasteiger partial charge in [-0.15, -0.1) is 5.10 Å². The number of hydrogen-bond acceptors (Lipinski definition) is 5. The lowest BCUT2D eigenvalue weighted by molar-refractivity contribution is 0.522. The number of nitrogens with zero attached hydrogens (tertiary/aromatic N) is 4. The van der Waals surface area contributed by atoms with Gasteiger partial charge in [0.25, 0.3) is 0 Å². The van der Waals surface area contributed by atoms with Crippen LogP contribution >= 0.6 is 0 Å². The number of aromatic amines is 1. The van der Waals surface area contributed by atoms with Crippen molar-refractivity contribution in [1.82, 2.24) is 20.4 Å². The zero-order chi connectivity index (χ0) is 10.9. The second-order valence-corrected chi connectivity index (χ2v) is 3.65. The van der Waals surface area contributed by atoms with Crippen LogP contribution in [0, 0.1) is 0 Å². The summed E-state index contributed by atoms with van der Waals surface area (Å²) in [5.74, 6) is 0. The van der Waals surface area contributed by atoms with Crippen molar-refractivity contribution in [3.05, 3.63) is 17.8 Å². The molecular formula is C9H9N5O. The monoisotopic (exact) mass is 203 g/mol. The highest BCUT2D eigenvalue weighted by atomic mass is 16.1. The molecule has 1 N–H and O–H groups in total. The molecule has 15 heavy (non-hydrogen) atoms. The third-order valence-electron chi connectivity index (χ3n) is 2.21. The van der Waals surface area contributed by atoms with Gasteiger partial charge in [0.05, 0.1) is 5.54 Å². The summed E-state index contributed by atoms with van der Waals surface area (Å²) in [7, 11) is 0. The van der Waals surface area contributed by atoms with E-state index in [-0.39, 0.29) is 0 Å². The SMILES string of the molecule is CC(C)(N=C=O)c1cnc2n[nH]nc2c1. The van der Waals surface area contributed by atoms with Crippen LogP contribution < -0.4 is 0 Å². The van der Waals surface area contributed by atoms with Gasteiger partial charge in [0.1, 0.15) is 5.52 Å². The molecule has 0 aromatic carbocycles. The maximum Gasteiger partial charge on any atom is 0.235 e.